The Labute approximate surface area is 214 Å². The molecule has 1 aromatic carbocycles. The second-order valence-electron chi connectivity index (χ2n) is 10.4. The molecule has 3 atom stereocenters. The van der Waals surface area contributed by atoms with Crippen molar-refractivity contribution in [3.63, 3.8) is 0 Å². The van der Waals surface area contributed by atoms with Crippen LogP contribution in [0.15, 0.2) is 42.6 Å². The quantitative estimate of drug-likeness (QED) is 0.604. The number of hydrogen-bond acceptors (Lipinski definition) is 6. The lowest BCUT2D eigenvalue weighted by Crippen LogP contribution is -2.49. The number of amides is 1. The topological polar surface area (TPSA) is 86.1 Å². The summed E-state index contributed by atoms with van der Waals surface area (Å²) >= 11 is 0. The Kier molecular flexibility index (Phi) is 8.30. The highest BCUT2D eigenvalue weighted by molar-refractivity contribution is 5.97. The number of ether oxygens (including phenoxy) is 1. The number of benzene rings is 1. The van der Waals surface area contributed by atoms with Gasteiger partial charge in [-0.25, -0.2) is 4.98 Å². The molecule has 1 saturated carbocycles. The second-order valence-corrected chi connectivity index (χ2v) is 10.4. The van der Waals surface area contributed by atoms with Crippen LogP contribution in [0.1, 0.15) is 61.0 Å². The largest absolute Gasteiger partial charge is 0.472 e. The normalized spacial score (nSPS) is 22.2. The summed E-state index contributed by atoms with van der Waals surface area (Å²) in [6.07, 6.45) is 4.66. The van der Waals surface area contributed by atoms with Crippen molar-refractivity contribution < 1.29 is 19.7 Å². The van der Waals surface area contributed by atoms with E-state index in [0.717, 1.165) is 19.4 Å². The minimum Gasteiger partial charge on any atom is -0.472 e. The molecule has 1 aliphatic carbocycles. The van der Waals surface area contributed by atoms with E-state index in [9.17, 15) is 15.0 Å². The Balaban J connectivity index is 1.61. The highest BCUT2D eigenvalue weighted by Crippen LogP contribution is 2.30. The molecule has 0 saturated heterocycles. The van der Waals surface area contributed by atoms with E-state index >= 15 is 0 Å². The fourth-order valence-electron chi connectivity index (χ4n) is 4.93. The standard InChI is InChI=1S/C29H37N3O4/c1-21-17-32(22(2)20-33)28(34)25-15-24(11-14-29(35)12-7-8-13-29)16-30-27(25)36-26(21)19-31(3)18-23-9-5-4-6-10-23/h4-6,9-10,15-16,21-22,26,33,35H,7-8,12-13,17-20H2,1-3H3/t21-,22-,26+/m0/s1. The number of fused-ring (bicyclic) bond motifs is 1. The number of pyridine rings is 1. The van der Waals surface area contributed by atoms with Gasteiger partial charge >= 0.3 is 0 Å². The van der Waals surface area contributed by atoms with Gasteiger partial charge in [0.25, 0.3) is 5.91 Å². The number of likely N-dealkylation sites (N-methyl/N-ethyl adjacent to an activating group) is 1. The van der Waals surface area contributed by atoms with Gasteiger partial charge in [0.05, 0.1) is 12.6 Å². The summed E-state index contributed by atoms with van der Waals surface area (Å²) in [5.41, 5.74) is 1.15. The molecule has 0 radical (unpaired) electrons. The molecule has 192 valence electrons. The molecule has 2 aliphatic rings. The zero-order valence-electron chi connectivity index (χ0n) is 21.5. The van der Waals surface area contributed by atoms with E-state index in [1.165, 1.54) is 5.56 Å². The van der Waals surface area contributed by atoms with Crippen LogP contribution >= 0.6 is 0 Å². The molecular weight excluding hydrogens is 454 g/mol. The Morgan fingerprint density at radius 1 is 1.28 bits per heavy atom. The molecule has 1 aliphatic heterocycles. The maximum atomic E-state index is 13.6. The fourth-order valence-corrected chi connectivity index (χ4v) is 4.93. The van der Waals surface area contributed by atoms with Crippen LogP contribution < -0.4 is 4.74 Å². The maximum absolute atomic E-state index is 13.6. The Hall–Kier alpha value is -2.92. The van der Waals surface area contributed by atoms with Crippen LogP contribution in [0.3, 0.4) is 0 Å². The van der Waals surface area contributed by atoms with E-state index in [4.69, 9.17) is 4.74 Å². The van der Waals surface area contributed by atoms with Crippen LogP contribution in [0.5, 0.6) is 5.88 Å². The van der Waals surface area contributed by atoms with Gasteiger partial charge in [-0.2, -0.15) is 0 Å². The highest BCUT2D eigenvalue weighted by atomic mass is 16.5. The van der Waals surface area contributed by atoms with Crippen molar-refractivity contribution in [1.82, 2.24) is 14.8 Å². The predicted molar refractivity (Wildman–Crippen MR) is 138 cm³/mol. The molecule has 7 nitrogen and oxygen atoms in total. The fraction of sp³-hybridized carbons (Fsp3) is 0.517. The maximum Gasteiger partial charge on any atom is 0.259 e. The Morgan fingerprint density at radius 2 is 2.00 bits per heavy atom. The van der Waals surface area contributed by atoms with E-state index in [2.05, 4.69) is 47.8 Å². The number of aliphatic hydroxyl groups excluding tert-OH is 1. The van der Waals surface area contributed by atoms with Gasteiger partial charge in [0.1, 0.15) is 17.3 Å². The number of hydrogen-bond donors (Lipinski definition) is 2. The van der Waals surface area contributed by atoms with Crippen molar-refractivity contribution in [3.05, 3.63) is 59.3 Å². The SMILES string of the molecule is C[C@H]1CN([C@@H](C)CO)C(=O)c2cc(C#CC3(O)CCCC3)cnc2O[C@@H]1CN(C)Cc1ccccc1. The molecule has 1 amide bonds. The lowest BCUT2D eigenvalue weighted by Gasteiger charge is -2.37. The molecule has 7 heteroatoms. The number of carbonyl (C=O) groups is 1. The average Bonchev–Trinajstić information content (AvgIpc) is 3.31. The highest BCUT2D eigenvalue weighted by Gasteiger charge is 2.34. The van der Waals surface area contributed by atoms with Gasteiger partial charge in [0.2, 0.25) is 5.88 Å². The third kappa shape index (κ3) is 6.25. The molecule has 1 aromatic heterocycles. The first kappa shape index (κ1) is 26.2. The van der Waals surface area contributed by atoms with E-state index in [0.29, 0.717) is 37.1 Å². The van der Waals surface area contributed by atoms with Crippen LogP contribution in [0.4, 0.5) is 0 Å². The van der Waals surface area contributed by atoms with Crippen molar-refractivity contribution in [2.75, 3.05) is 26.7 Å². The monoisotopic (exact) mass is 491 g/mol. The first-order chi connectivity index (χ1) is 17.3. The van der Waals surface area contributed by atoms with Gasteiger partial charge in [-0.3, -0.25) is 9.69 Å². The minimum absolute atomic E-state index is 0.0206. The molecule has 4 rings (SSSR count). The summed E-state index contributed by atoms with van der Waals surface area (Å²) < 4.78 is 6.38. The number of aromatic nitrogens is 1. The third-order valence-corrected chi connectivity index (χ3v) is 7.18. The van der Waals surface area contributed by atoms with Gasteiger partial charge in [-0.05, 0) is 51.3 Å². The summed E-state index contributed by atoms with van der Waals surface area (Å²) in [6, 6.07) is 11.6. The first-order valence-corrected chi connectivity index (χ1v) is 12.8. The van der Waals surface area contributed by atoms with E-state index in [1.807, 2.05) is 25.1 Å². The molecule has 0 spiro atoms. The number of nitrogens with zero attached hydrogens (tertiary/aromatic N) is 3. The van der Waals surface area contributed by atoms with Gasteiger partial charge in [0, 0.05) is 37.3 Å². The van der Waals surface area contributed by atoms with Crippen LogP contribution in [0, 0.1) is 17.8 Å². The first-order valence-electron chi connectivity index (χ1n) is 12.8. The smallest absolute Gasteiger partial charge is 0.259 e. The minimum atomic E-state index is -0.966. The van der Waals surface area contributed by atoms with Crippen molar-refractivity contribution in [2.45, 2.75) is 63.8 Å². The molecular formula is C29H37N3O4. The second kappa shape index (κ2) is 11.4. The summed E-state index contributed by atoms with van der Waals surface area (Å²) in [5, 5.41) is 20.5. The lowest BCUT2D eigenvalue weighted by atomic mass is 9.99. The molecule has 2 N–H and O–H groups in total. The zero-order chi connectivity index (χ0) is 25.7. The van der Waals surface area contributed by atoms with Crippen LogP contribution in [0.2, 0.25) is 0 Å². The summed E-state index contributed by atoms with van der Waals surface area (Å²) in [5.74, 6) is 6.08. The summed E-state index contributed by atoms with van der Waals surface area (Å²) in [4.78, 5) is 22.0. The van der Waals surface area contributed by atoms with E-state index in [-0.39, 0.29) is 36.5 Å². The number of carbonyl (C=O) groups excluding carboxylic acids is 1. The van der Waals surface area contributed by atoms with Crippen molar-refractivity contribution in [3.8, 4) is 17.7 Å². The molecule has 1 fully saturated rings. The zero-order valence-corrected chi connectivity index (χ0v) is 21.5. The van der Waals surface area contributed by atoms with Gasteiger partial charge in [-0.1, -0.05) is 49.1 Å². The van der Waals surface area contributed by atoms with Crippen molar-refractivity contribution in [2.24, 2.45) is 5.92 Å². The van der Waals surface area contributed by atoms with Crippen molar-refractivity contribution in [1.29, 1.82) is 0 Å². The average molecular weight is 492 g/mol. The van der Waals surface area contributed by atoms with Crippen LogP contribution in [-0.4, -0.2) is 75.4 Å². The molecule has 2 heterocycles. The molecule has 2 aromatic rings. The van der Waals surface area contributed by atoms with Crippen LogP contribution in [0.25, 0.3) is 0 Å². The molecule has 0 unspecified atom stereocenters. The van der Waals surface area contributed by atoms with Crippen molar-refractivity contribution >= 4 is 5.91 Å². The third-order valence-electron chi connectivity index (χ3n) is 7.18. The Morgan fingerprint density at radius 3 is 2.69 bits per heavy atom. The summed E-state index contributed by atoms with van der Waals surface area (Å²) in [6.45, 7) is 5.67. The number of aliphatic hydroxyl groups is 2. The van der Waals surface area contributed by atoms with Crippen LogP contribution in [-0.2, 0) is 6.54 Å². The lowest BCUT2D eigenvalue weighted by molar-refractivity contribution is 0.0325. The predicted octanol–water partition coefficient (Wildman–Crippen LogP) is 3.09. The Bertz CT molecular complexity index is 1100. The van der Waals surface area contributed by atoms with E-state index < -0.39 is 5.60 Å². The summed E-state index contributed by atoms with van der Waals surface area (Å²) in [7, 11) is 2.06. The van der Waals surface area contributed by atoms with Gasteiger partial charge in [-0.15, -0.1) is 0 Å². The number of rotatable bonds is 6. The van der Waals surface area contributed by atoms with E-state index in [1.54, 1.807) is 17.2 Å². The molecule has 0 bridgehead atoms. The molecule has 36 heavy (non-hydrogen) atoms. The van der Waals surface area contributed by atoms with Gasteiger partial charge < -0.3 is 19.8 Å². The van der Waals surface area contributed by atoms with Gasteiger partial charge in [0.15, 0.2) is 0 Å².